The second kappa shape index (κ2) is 6.62. The number of rotatable bonds is 4. The molecule has 21 heavy (non-hydrogen) atoms. The number of carbonyl (C=O) groups is 3. The minimum absolute atomic E-state index is 0.0524. The smallest absolute Gasteiger partial charge is 0.326 e. The SMILES string of the molecule is O=C(N[C@@H]1C[C@@H](C(=O)O)N(C(=O)CS)C1)c1ccccc1. The average Bonchev–Trinajstić information content (AvgIpc) is 2.91. The Balaban J connectivity index is 2.04. The summed E-state index contributed by atoms with van der Waals surface area (Å²) in [6, 6.07) is 7.37. The van der Waals surface area contributed by atoms with E-state index in [0.29, 0.717) is 5.56 Å². The number of thiol groups is 1. The molecule has 0 spiro atoms. The van der Waals surface area contributed by atoms with Crippen LogP contribution in [-0.2, 0) is 9.59 Å². The Morgan fingerprint density at radius 1 is 1.29 bits per heavy atom. The summed E-state index contributed by atoms with van der Waals surface area (Å²) in [6.45, 7) is 0.189. The summed E-state index contributed by atoms with van der Waals surface area (Å²) < 4.78 is 0. The molecule has 1 heterocycles. The molecule has 0 bridgehead atoms. The Morgan fingerprint density at radius 3 is 2.52 bits per heavy atom. The number of likely N-dealkylation sites (tertiary alicyclic amines) is 1. The predicted octanol–water partition coefficient (Wildman–Crippen LogP) is 0.400. The molecule has 0 aliphatic carbocycles. The maximum absolute atomic E-state index is 12.0. The van der Waals surface area contributed by atoms with Gasteiger partial charge in [-0.25, -0.2) is 4.79 Å². The van der Waals surface area contributed by atoms with E-state index in [1.54, 1.807) is 30.3 Å². The van der Waals surface area contributed by atoms with Crippen LogP contribution in [0.2, 0.25) is 0 Å². The molecule has 6 nitrogen and oxygen atoms in total. The van der Waals surface area contributed by atoms with Gasteiger partial charge in [-0.15, -0.1) is 0 Å². The molecule has 2 atom stereocenters. The molecule has 112 valence electrons. The first kappa shape index (κ1) is 15.4. The number of nitrogens with one attached hydrogen (secondary N) is 1. The van der Waals surface area contributed by atoms with Gasteiger partial charge in [0.1, 0.15) is 6.04 Å². The van der Waals surface area contributed by atoms with Crippen molar-refractivity contribution in [3.05, 3.63) is 35.9 Å². The highest BCUT2D eigenvalue weighted by atomic mass is 32.1. The molecule has 2 rings (SSSR count). The highest BCUT2D eigenvalue weighted by molar-refractivity contribution is 7.81. The monoisotopic (exact) mass is 308 g/mol. The first-order chi connectivity index (χ1) is 10.0. The van der Waals surface area contributed by atoms with Gasteiger partial charge in [0.15, 0.2) is 0 Å². The van der Waals surface area contributed by atoms with E-state index in [1.807, 2.05) is 0 Å². The van der Waals surface area contributed by atoms with Crippen LogP contribution in [0.4, 0.5) is 0 Å². The first-order valence-electron chi connectivity index (χ1n) is 6.52. The maximum Gasteiger partial charge on any atom is 0.326 e. The van der Waals surface area contributed by atoms with Gasteiger partial charge in [-0.3, -0.25) is 9.59 Å². The summed E-state index contributed by atoms with van der Waals surface area (Å²) >= 11 is 3.88. The summed E-state index contributed by atoms with van der Waals surface area (Å²) in [4.78, 5) is 36.2. The highest BCUT2D eigenvalue weighted by Crippen LogP contribution is 2.19. The lowest BCUT2D eigenvalue weighted by molar-refractivity contribution is -0.147. The zero-order valence-corrected chi connectivity index (χ0v) is 12.1. The van der Waals surface area contributed by atoms with Crippen LogP contribution in [0.1, 0.15) is 16.8 Å². The van der Waals surface area contributed by atoms with Crippen LogP contribution in [0.25, 0.3) is 0 Å². The summed E-state index contributed by atoms with van der Waals surface area (Å²) in [5.74, 6) is -1.74. The van der Waals surface area contributed by atoms with Crippen LogP contribution < -0.4 is 5.32 Å². The van der Waals surface area contributed by atoms with Gasteiger partial charge in [0.25, 0.3) is 5.91 Å². The summed E-state index contributed by atoms with van der Waals surface area (Å²) in [5, 5.41) is 11.9. The van der Waals surface area contributed by atoms with Crippen molar-refractivity contribution in [2.24, 2.45) is 0 Å². The van der Waals surface area contributed by atoms with E-state index in [2.05, 4.69) is 17.9 Å². The second-order valence-corrected chi connectivity index (χ2v) is 5.15. The fourth-order valence-electron chi connectivity index (χ4n) is 2.40. The van der Waals surface area contributed by atoms with E-state index >= 15 is 0 Å². The number of aliphatic carboxylic acids is 1. The van der Waals surface area contributed by atoms with Crippen LogP contribution >= 0.6 is 12.6 Å². The van der Waals surface area contributed by atoms with Gasteiger partial charge in [-0.1, -0.05) is 18.2 Å². The molecule has 1 aromatic rings. The van der Waals surface area contributed by atoms with E-state index in [0.717, 1.165) is 0 Å². The van der Waals surface area contributed by atoms with Gasteiger partial charge in [0.2, 0.25) is 5.91 Å². The molecule has 1 saturated heterocycles. The van der Waals surface area contributed by atoms with Crippen molar-refractivity contribution in [3.63, 3.8) is 0 Å². The van der Waals surface area contributed by atoms with Gasteiger partial charge in [0, 0.05) is 24.6 Å². The number of hydrogen-bond donors (Lipinski definition) is 3. The third-order valence-corrected chi connectivity index (χ3v) is 3.68. The Kier molecular flexibility index (Phi) is 4.85. The van der Waals surface area contributed by atoms with E-state index < -0.39 is 12.0 Å². The molecule has 2 amide bonds. The Bertz CT molecular complexity index is 549. The number of carboxylic acids is 1. The van der Waals surface area contributed by atoms with E-state index in [9.17, 15) is 14.4 Å². The fourth-order valence-corrected chi connectivity index (χ4v) is 2.58. The summed E-state index contributed by atoms with van der Waals surface area (Å²) in [5.41, 5.74) is 0.503. The number of amides is 2. The molecule has 7 heteroatoms. The molecule has 0 saturated carbocycles. The number of carbonyl (C=O) groups excluding carboxylic acids is 2. The molecule has 1 aliphatic rings. The van der Waals surface area contributed by atoms with Crippen molar-refractivity contribution >= 4 is 30.4 Å². The number of hydrogen-bond acceptors (Lipinski definition) is 4. The topological polar surface area (TPSA) is 86.7 Å². The van der Waals surface area contributed by atoms with Gasteiger partial charge in [0.05, 0.1) is 5.75 Å². The quantitative estimate of drug-likeness (QED) is 0.703. The molecular weight excluding hydrogens is 292 g/mol. The second-order valence-electron chi connectivity index (χ2n) is 4.83. The van der Waals surface area contributed by atoms with Crippen molar-refractivity contribution in [1.82, 2.24) is 10.2 Å². The zero-order valence-electron chi connectivity index (χ0n) is 11.2. The fraction of sp³-hybridized carbons (Fsp3) is 0.357. The van der Waals surface area contributed by atoms with Gasteiger partial charge >= 0.3 is 5.97 Å². The molecule has 2 N–H and O–H groups in total. The Hall–Kier alpha value is -2.02. The number of nitrogens with zero attached hydrogens (tertiary/aromatic N) is 1. The zero-order chi connectivity index (χ0) is 15.4. The molecule has 1 aromatic carbocycles. The van der Waals surface area contributed by atoms with Crippen molar-refractivity contribution in [3.8, 4) is 0 Å². The molecule has 1 fully saturated rings. The van der Waals surface area contributed by atoms with Gasteiger partial charge < -0.3 is 15.3 Å². The van der Waals surface area contributed by atoms with E-state index in [4.69, 9.17) is 5.11 Å². The highest BCUT2D eigenvalue weighted by Gasteiger charge is 2.39. The Morgan fingerprint density at radius 2 is 1.95 bits per heavy atom. The van der Waals surface area contributed by atoms with E-state index in [1.165, 1.54) is 4.90 Å². The largest absolute Gasteiger partial charge is 0.480 e. The third kappa shape index (κ3) is 3.55. The molecule has 1 aliphatic heterocycles. The first-order valence-corrected chi connectivity index (χ1v) is 7.15. The minimum atomic E-state index is -1.07. The summed E-state index contributed by atoms with van der Waals surface area (Å²) in [7, 11) is 0. The lowest BCUT2D eigenvalue weighted by Gasteiger charge is -2.20. The average molecular weight is 308 g/mol. The van der Waals surface area contributed by atoms with Gasteiger partial charge in [-0.2, -0.15) is 12.6 Å². The standard InChI is InChI=1S/C14H16N2O4S/c17-12(8-21)16-7-10(6-11(16)14(19)20)15-13(18)9-4-2-1-3-5-9/h1-5,10-11,21H,6-8H2,(H,15,18)(H,19,20)/t10-,11+/m1/s1. The van der Waals surface area contributed by atoms with Crippen LogP contribution in [0.15, 0.2) is 30.3 Å². The van der Waals surface area contributed by atoms with Gasteiger partial charge in [-0.05, 0) is 12.1 Å². The van der Waals surface area contributed by atoms with Crippen molar-refractivity contribution < 1.29 is 19.5 Å². The lowest BCUT2D eigenvalue weighted by Crippen LogP contribution is -2.42. The number of benzene rings is 1. The van der Waals surface area contributed by atoms with Crippen molar-refractivity contribution in [2.45, 2.75) is 18.5 Å². The van der Waals surface area contributed by atoms with Crippen LogP contribution in [-0.4, -0.2) is 52.2 Å². The molecule has 0 radical (unpaired) electrons. The van der Waals surface area contributed by atoms with Crippen LogP contribution in [0, 0.1) is 0 Å². The molecule has 0 aromatic heterocycles. The third-order valence-electron chi connectivity index (χ3n) is 3.41. The number of carboxylic acid groups (broad SMARTS) is 1. The normalized spacial score (nSPS) is 21.1. The van der Waals surface area contributed by atoms with Crippen LogP contribution in [0.5, 0.6) is 0 Å². The predicted molar refractivity (Wildman–Crippen MR) is 79.3 cm³/mol. The molecule has 0 unspecified atom stereocenters. The van der Waals surface area contributed by atoms with Crippen molar-refractivity contribution in [2.75, 3.05) is 12.3 Å². The maximum atomic E-state index is 12.0. The Labute approximate surface area is 127 Å². The summed E-state index contributed by atoms with van der Waals surface area (Å²) in [6.07, 6.45) is 0.202. The lowest BCUT2D eigenvalue weighted by atomic mass is 10.1. The van der Waals surface area contributed by atoms with E-state index in [-0.39, 0.29) is 36.6 Å². The van der Waals surface area contributed by atoms with Crippen molar-refractivity contribution in [1.29, 1.82) is 0 Å². The van der Waals surface area contributed by atoms with Crippen LogP contribution in [0.3, 0.4) is 0 Å². The molecular formula is C14H16N2O4S. The minimum Gasteiger partial charge on any atom is -0.480 e.